The number of benzene rings is 2. The Morgan fingerprint density at radius 2 is 1.80 bits per heavy atom. The third-order valence-electron chi connectivity index (χ3n) is 5.41. The summed E-state index contributed by atoms with van der Waals surface area (Å²) in [6.07, 6.45) is 0.650. The fourth-order valence-electron chi connectivity index (χ4n) is 3.72. The van der Waals surface area contributed by atoms with E-state index >= 15 is 0 Å². The van der Waals surface area contributed by atoms with Crippen molar-refractivity contribution in [2.24, 2.45) is 7.05 Å². The Labute approximate surface area is 175 Å². The molecule has 0 spiro atoms. The maximum atomic E-state index is 12.9. The first-order valence-corrected chi connectivity index (χ1v) is 9.96. The van der Waals surface area contributed by atoms with Gasteiger partial charge in [0.05, 0.1) is 6.54 Å². The third kappa shape index (κ3) is 3.91. The second-order valence-electron chi connectivity index (χ2n) is 7.64. The zero-order chi connectivity index (χ0) is 21.3. The normalized spacial score (nSPS) is 13.0. The summed E-state index contributed by atoms with van der Waals surface area (Å²) in [5.74, 6) is -0.269. The molecule has 0 aliphatic carbocycles. The van der Waals surface area contributed by atoms with Gasteiger partial charge in [-0.1, -0.05) is 30.3 Å². The summed E-state index contributed by atoms with van der Waals surface area (Å²) < 4.78 is 1.75. The topological polar surface area (TPSA) is 79.3 Å². The Morgan fingerprint density at radius 3 is 2.57 bits per heavy atom. The van der Waals surface area contributed by atoms with E-state index in [1.165, 1.54) is 0 Å². The summed E-state index contributed by atoms with van der Waals surface area (Å²) in [5.41, 5.74) is 5.76. The number of hydrogen-bond acceptors (Lipinski definition) is 3. The molecular weight excluding hydrogens is 378 g/mol. The molecule has 0 unspecified atom stereocenters. The maximum Gasteiger partial charge on any atom is 0.322 e. The van der Waals surface area contributed by atoms with Crippen molar-refractivity contribution in [1.29, 1.82) is 0 Å². The van der Waals surface area contributed by atoms with Gasteiger partial charge < -0.3 is 15.5 Å². The predicted molar refractivity (Wildman–Crippen MR) is 117 cm³/mol. The fourth-order valence-corrected chi connectivity index (χ4v) is 3.72. The Morgan fingerprint density at radius 1 is 1.03 bits per heavy atom. The summed E-state index contributed by atoms with van der Waals surface area (Å²) in [5, 5.41) is 10.3. The van der Waals surface area contributed by atoms with Crippen LogP contribution < -0.4 is 10.6 Å². The van der Waals surface area contributed by atoms with Crippen LogP contribution in [0, 0.1) is 13.8 Å². The SMILES string of the molecule is Cc1ccc(C)c(NC(=O)N2CCc3c(c(C(=O)Nc4ccccc4)nn3C)C2)c1. The molecule has 1 aliphatic rings. The van der Waals surface area contributed by atoms with Crippen molar-refractivity contribution in [3.63, 3.8) is 0 Å². The van der Waals surface area contributed by atoms with Crippen LogP contribution in [-0.4, -0.2) is 33.2 Å². The highest BCUT2D eigenvalue weighted by molar-refractivity contribution is 6.04. The van der Waals surface area contributed by atoms with Gasteiger partial charge in [-0.3, -0.25) is 9.48 Å². The van der Waals surface area contributed by atoms with E-state index in [1.54, 1.807) is 9.58 Å². The molecular formula is C23H25N5O2. The van der Waals surface area contributed by atoms with Crippen molar-refractivity contribution in [2.75, 3.05) is 17.2 Å². The molecule has 0 saturated carbocycles. The van der Waals surface area contributed by atoms with Crippen molar-refractivity contribution in [2.45, 2.75) is 26.8 Å². The minimum absolute atomic E-state index is 0.173. The first-order valence-electron chi connectivity index (χ1n) is 9.96. The van der Waals surface area contributed by atoms with Crippen LogP contribution in [0.15, 0.2) is 48.5 Å². The second-order valence-corrected chi connectivity index (χ2v) is 7.64. The molecule has 1 aromatic heterocycles. The van der Waals surface area contributed by atoms with Crippen LogP contribution in [0.4, 0.5) is 16.2 Å². The van der Waals surface area contributed by atoms with E-state index in [-0.39, 0.29) is 11.9 Å². The van der Waals surface area contributed by atoms with Gasteiger partial charge in [0.2, 0.25) is 0 Å². The molecule has 2 heterocycles. The molecule has 154 valence electrons. The lowest BCUT2D eigenvalue weighted by Crippen LogP contribution is -2.39. The highest BCUT2D eigenvalue weighted by Crippen LogP contribution is 2.24. The number of carbonyl (C=O) groups excluding carboxylic acids is 2. The van der Waals surface area contributed by atoms with Crippen molar-refractivity contribution in [3.05, 3.63) is 76.6 Å². The molecule has 0 atom stereocenters. The average Bonchev–Trinajstić information content (AvgIpc) is 3.07. The average molecular weight is 403 g/mol. The molecule has 0 saturated heterocycles. The summed E-state index contributed by atoms with van der Waals surface area (Å²) >= 11 is 0. The second kappa shape index (κ2) is 8.02. The van der Waals surface area contributed by atoms with Crippen LogP contribution >= 0.6 is 0 Å². The minimum Gasteiger partial charge on any atom is -0.321 e. The van der Waals surface area contributed by atoms with Crippen LogP contribution in [-0.2, 0) is 20.0 Å². The predicted octanol–water partition coefficient (Wildman–Crippen LogP) is 3.88. The van der Waals surface area contributed by atoms with Crippen molar-refractivity contribution in [1.82, 2.24) is 14.7 Å². The maximum absolute atomic E-state index is 12.9. The number of anilines is 2. The third-order valence-corrected chi connectivity index (χ3v) is 5.41. The monoisotopic (exact) mass is 403 g/mol. The summed E-state index contributed by atoms with van der Waals surface area (Å²) in [6.45, 7) is 4.88. The Kier molecular flexibility index (Phi) is 5.27. The molecule has 0 bridgehead atoms. The molecule has 30 heavy (non-hydrogen) atoms. The zero-order valence-corrected chi connectivity index (χ0v) is 17.4. The quantitative estimate of drug-likeness (QED) is 0.697. The molecule has 0 radical (unpaired) electrons. The summed E-state index contributed by atoms with van der Waals surface area (Å²) in [7, 11) is 1.84. The van der Waals surface area contributed by atoms with Crippen LogP contribution in [0.2, 0.25) is 0 Å². The first kappa shape index (κ1) is 19.7. The Hall–Kier alpha value is -3.61. The number of nitrogens with one attached hydrogen (secondary N) is 2. The molecule has 3 amide bonds. The molecule has 2 N–H and O–H groups in total. The van der Waals surface area contributed by atoms with E-state index in [4.69, 9.17) is 0 Å². The number of urea groups is 1. The summed E-state index contributed by atoms with van der Waals surface area (Å²) in [4.78, 5) is 27.5. The number of hydrogen-bond donors (Lipinski definition) is 2. The van der Waals surface area contributed by atoms with E-state index in [0.29, 0.717) is 30.9 Å². The number of amides is 3. The molecule has 2 aromatic carbocycles. The highest BCUT2D eigenvalue weighted by atomic mass is 16.2. The smallest absolute Gasteiger partial charge is 0.321 e. The number of aryl methyl sites for hydroxylation is 3. The van der Waals surface area contributed by atoms with Crippen LogP contribution in [0.25, 0.3) is 0 Å². The standard InChI is InChI=1S/C23H25N5O2/c1-15-9-10-16(2)19(13-15)25-23(30)28-12-11-20-18(14-28)21(26-27(20)3)22(29)24-17-7-5-4-6-8-17/h4-10,13H,11-12,14H2,1-3H3,(H,24,29)(H,25,30). The lowest BCUT2D eigenvalue weighted by Gasteiger charge is -2.28. The lowest BCUT2D eigenvalue weighted by atomic mass is 10.0. The van der Waals surface area contributed by atoms with Gasteiger partial charge in [-0.2, -0.15) is 5.10 Å². The van der Waals surface area contributed by atoms with Crippen LogP contribution in [0.1, 0.15) is 32.9 Å². The van der Waals surface area contributed by atoms with Gasteiger partial charge in [-0.15, -0.1) is 0 Å². The van der Waals surface area contributed by atoms with Gasteiger partial charge in [0.1, 0.15) is 0 Å². The van der Waals surface area contributed by atoms with Crippen molar-refractivity contribution in [3.8, 4) is 0 Å². The first-order chi connectivity index (χ1) is 14.4. The Bertz CT molecular complexity index is 1100. The van der Waals surface area contributed by atoms with Gasteiger partial charge in [0.25, 0.3) is 5.91 Å². The number of nitrogens with zero attached hydrogens (tertiary/aromatic N) is 3. The van der Waals surface area contributed by atoms with E-state index in [9.17, 15) is 9.59 Å². The number of rotatable bonds is 3. The largest absolute Gasteiger partial charge is 0.322 e. The molecule has 4 rings (SSSR count). The molecule has 7 heteroatoms. The van der Waals surface area contributed by atoms with Crippen molar-refractivity contribution < 1.29 is 9.59 Å². The van der Waals surface area contributed by atoms with E-state index < -0.39 is 0 Å². The van der Waals surface area contributed by atoms with E-state index in [0.717, 1.165) is 28.1 Å². The van der Waals surface area contributed by atoms with Gasteiger partial charge in [-0.05, 0) is 43.2 Å². The number of carbonyl (C=O) groups is 2. The van der Waals surface area contributed by atoms with Gasteiger partial charge >= 0.3 is 6.03 Å². The van der Waals surface area contributed by atoms with Crippen molar-refractivity contribution >= 4 is 23.3 Å². The molecule has 7 nitrogen and oxygen atoms in total. The number of para-hydroxylation sites is 1. The zero-order valence-electron chi connectivity index (χ0n) is 17.4. The molecule has 0 fully saturated rings. The Balaban J connectivity index is 1.53. The van der Waals surface area contributed by atoms with E-state index in [2.05, 4.69) is 15.7 Å². The van der Waals surface area contributed by atoms with E-state index in [1.807, 2.05) is 69.4 Å². The lowest BCUT2D eigenvalue weighted by molar-refractivity contribution is 0.101. The van der Waals surface area contributed by atoms with Gasteiger partial charge in [0.15, 0.2) is 5.69 Å². The summed E-state index contributed by atoms with van der Waals surface area (Å²) in [6, 6.07) is 15.1. The van der Waals surface area contributed by atoms with Crippen LogP contribution in [0.5, 0.6) is 0 Å². The fraction of sp³-hybridized carbons (Fsp3) is 0.261. The van der Waals surface area contributed by atoms with Gasteiger partial charge in [0, 0.05) is 42.6 Å². The number of aromatic nitrogens is 2. The van der Waals surface area contributed by atoms with Gasteiger partial charge in [-0.25, -0.2) is 4.79 Å². The minimum atomic E-state index is -0.269. The number of fused-ring (bicyclic) bond motifs is 1. The highest BCUT2D eigenvalue weighted by Gasteiger charge is 2.29. The van der Waals surface area contributed by atoms with Crippen LogP contribution in [0.3, 0.4) is 0 Å². The molecule has 3 aromatic rings. The molecule has 1 aliphatic heterocycles.